The van der Waals surface area contributed by atoms with E-state index >= 15 is 0 Å². The molecule has 0 aromatic heterocycles. The van der Waals surface area contributed by atoms with Crippen LogP contribution in [0.25, 0.3) is 10.8 Å². The van der Waals surface area contributed by atoms with Crippen LogP contribution in [-0.2, 0) is 4.79 Å². The van der Waals surface area contributed by atoms with Gasteiger partial charge in [-0.1, -0.05) is 24.3 Å². The number of carbonyl (C=O) groups is 2. The van der Waals surface area contributed by atoms with Crippen molar-refractivity contribution in [2.75, 3.05) is 24.3 Å². The lowest BCUT2D eigenvalue weighted by Gasteiger charge is -2.13. The molecule has 0 aliphatic heterocycles. The molecule has 0 saturated carbocycles. The van der Waals surface area contributed by atoms with Gasteiger partial charge in [0.05, 0.1) is 12.0 Å². The molecule has 3 rings (SSSR count). The van der Waals surface area contributed by atoms with Crippen LogP contribution in [0.1, 0.15) is 23.7 Å². The highest BCUT2D eigenvalue weighted by Gasteiger charge is 2.12. The van der Waals surface area contributed by atoms with Crippen LogP contribution < -0.4 is 15.6 Å². The minimum absolute atomic E-state index is 0.0272. The van der Waals surface area contributed by atoms with Crippen molar-refractivity contribution in [1.29, 1.82) is 0 Å². The van der Waals surface area contributed by atoms with Crippen LogP contribution in [0.15, 0.2) is 65.8 Å². The topological polar surface area (TPSA) is 94.0 Å². The summed E-state index contributed by atoms with van der Waals surface area (Å²) in [5.41, 5.74) is 4.67. The number of carbonyl (C=O) groups excluding carboxylic acids is 2. The number of nitrogens with one attached hydrogen (secondary N) is 2. The number of hydrogen-bond acceptors (Lipinski definition) is 5. The van der Waals surface area contributed by atoms with Gasteiger partial charge in [0.25, 0.3) is 5.91 Å². The highest BCUT2D eigenvalue weighted by atomic mass is 16.3. The van der Waals surface area contributed by atoms with Crippen molar-refractivity contribution < 1.29 is 14.7 Å². The van der Waals surface area contributed by atoms with Gasteiger partial charge in [0.2, 0.25) is 5.91 Å². The Bertz CT molecular complexity index is 1110. The van der Waals surface area contributed by atoms with Crippen LogP contribution in [0.3, 0.4) is 0 Å². The van der Waals surface area contributed by atoms with Crippen molar-refractivity contribution in [2.45, 2.75) is 13.3 Å². The molecule has 0 unspecified atom stereocenters. The molecule has 0 spiro atoms. The Morgan fingerprint density at radius 3 is 2.27 bits per heavy atom. The second kappa shape index (κ2) is 9.09. The molecule has 3 aromatic rings. The maximum atomic E-state index is 12.4. The van der Waals surface area contributed by atoms with Crippen LogP contribution in [-0.4, -0.2) is 36.7 Å². The van der Waals surface area contributed by atoms with Crippen LogP contribution in [0.5, 0.6) is 5.75 Å². The summed E-state index contributed by atoms with van der Waals surface area (Å²) in [7, 11) is 3.89. The van der Waals surface area contributed by atoms with Gasteiger partial charge in [-0.3, -0.25) is 9.59 Å². The second-order valence-corrected chi connectivity index (χ2v) is 7.17. The Morgan fingerprint density at radius 2 is 1.63 bits per heavy atom. The first-order valence-electron chi connectivity index (χ1n) is 9.46. The summed E-state index contributed by atoms with van der Waals surface area (Å²) in [5.74, 6) is -0.910. The molecule has 7 heteroatoms. The summed E-state index contributed by atoms with van der Waals surface area (Å²) in [6.07, 6.45) is 0.0272. The number of phenolic OH excluding ortho intramolecular Hbond substituents is 1. The van der Waals surface area contributed by atoms with Crippen LogP contribution in [0.4, 0.5) is 11.4 Å². The molecular weight excluding hydrogens is 380 g/mol. The molecule has 0 atom stereocenters. The van der Waals surface area contributed by atoms with Gasteiger partial charge in [-0.05, 0) is 54.1 Å². The van der Waals surface area contributed by atoms with Gasteiger partial charge >= 0.3 is 0 Å². The summed E-state index contributed by atoms with van der Waals surface area (Å²) in [5, 5.41) is 18.6. The highest BCUT2D eigenvalue weighted by Crippen LogP contribution is 2.24. The van der Waals surface area contributed by atoms with E-state index in [1.165, 1.54) is 6.07 Å². The highest BCUT2D eigenvalue weighted by molar-refractivity contribution is 6.06. The van der Waals surface area contributed by atoms with Crippen LogP contribution in [0, 0.1) is 0 Å². The summed E-state index contributed by atoms with van der Waals surface area (Å²) < 4.78 is 0. The molecule has 0 heterocycles. The Labute approximate surface area is 175 Å². The number of fused-ring (bicyclic) bond motifs is 1. The lowest BCUT2D eigenvalue weighted by molar-refractivity contribution is -0.115. The van der Waals surface area contributed by atoms with Gasteiger partial charge in [-0.2, -0.15) is 5.10 Å². The van der Waals surface area contributed by atoms with E-state index in [4.69, 9.17) is 0 Å². The molecule has 154 valence electrons. The summed E-state index contributed by atoms with van der Waals surface area (Å²) >= 11 is 0. The number of phenols is 1. The smallest absolute Gasteiger partial charge is 0.275 e. The number of rotatable bonds is 6. The van der Waals surface area contributed by atoms with Crippen LogP contribution >= 0.6 is 0 Å². The average Bonchev–Trinajstić information content (AvgIpc) is 2.71. The predicted octanol–water partition coefficient (Wildman–Crippen LogP) is 3.75. The van der Waals surface area contributed by atoms with Gasteiger partial charge in [0.15, 0.2) is 0 Å². The van der Waals surface area contributed by atoms with E-state index in [0.29, 0.717) is 11.4 Å². The number of benzene rings is 3. The van der Waals surface area contributed by atoms with Crippen molar-refractivity contribution in [3.63, 3.8) is 0 Å². The normalized spacial score (nSPS) is 11.2. The molecule has 3 N–H and O–H groups in total. The van der Waals surface area contributed by atoms with Crippen molar-refractivity contribution in [1.82, 2.24) is 5.43 Å². The molecule has 0 aliphatic rings. The van der Waals surface area contributed by atoms with E-state index in [9.17, 15) is 14.7 Å². The van der Waals surface area contributed by atoms with E-state index < -0.39 is 5.91 Å². The Hall–Kier alpha value is -3.87. The SMILES string of the molecule is CC(CC(=O)Nc1ccc(N(C)C)cc1)=NNC(=O)c1cc2ccccc2cc1O. The third-order valence-corrected chi connectivity index (χ3v) is 4.54. The average molecular weight is 404 g/mol. The van der Waals surface area contributed by atoms with Gasteiger partial charge in [-0.15, -0.1) is 0 Å². The Morgan fingerprint density at radius 1 is 1.00 bits per heavy atom. The Kier molecular flexibility index (Phi) is 6.32. The molecule has 0 radical (unpaired) electrons. The molecule has 0 bridgehead atoms. The minimum Gasteiger partial charge on any atom is -0.507 e. The molecule has 7 nitrogen and oxygen atoms in total. The van der Waals surface area contributed by atoms with E-state index in [1.54, 1.807) is 13.0 Å². The van der Waals surface area contributed by atoms with Crippen molar-refractivity contribution in [3.8, 4) is 5.75 Å². The minimum atomic E-state index is -0.544. The Balaban J connectivity index is 1.59. The van der Waals surface area contributed by atoms with Gasteiger partial charge in [0.1, 0.15) is 5.75 Å². The first kappa shape index (κ1) is 20.9. The lowest BCUT2D eigenvalue weighted by Crippen LogP contribution is -2.21. The quantitative estimate of drug-likeness (QED) is 0.431. The van der Waals surface area contributed by atoms with Crippen molar-refractivity contribution in [3.05, 3.63) is 66.2 Å². The molecule has 30 heavy (non-hydrogen) atoms. The standard InChI is InChI=1S/C23H24N4O3/c1-15(12-22(29)24-18-8-10-19(11-9-18)27(2)3)25-26-23(30)20-13-16-6-4-5-7-17(16)14-21(20)28/h4-11,13-14,28H,12H2,1-3H3,(H,24,29)(H,26,30). The van der Waals surface area contributed by atoms with Crippen molar-refractivity contribution in [2.24, 2.45) is 5.10 Å². The number of hydrazone groups is 1. The number of nitrogens with zero attached hydrogens (tertiary/aromatic N) is 2. The summed E-state index contributed by atoms with van der Waals surface area (Å²) in [6, 6.07) is 18.0. The monoisotopic (exact) mass is 404 g/mol. The number of aromatic hydroxyl groups is 1. The zero-order chi connectivity index (χ0) is 21.7. The first-order valence-corrected chi connectivity index (χ1v) is 9.46. The molecule has 0 fully saturated rings. The number of amides is 2. The first-order chi connectivity index (χ1) is 14.3. The second-order valence-electron chi connectivity index (χ2n) is 7.17. The molecular formula is C23H24N4O3. The summed E-state index contributed by atoms with van der Waals surface area (Å²) in [6.45, 7) is 1.65. The zero-order valence-corrected chi connectivity index (χ0v) is 17.1. The molecule has 3 aromatic carbocycles. The largest absolute Gasteiger partial charge is 0.507 e. The van der Waals surface area contributed by atoms with Gasteiger partial charge < -0.3 is 15.3 Å². The van der Waals surface area contributed by atoms with E-state index in [2.05, 4.69) is 15.8 Å². The maximum Gasteiger partial charge on any atom is 0.275 e. The predicted molar refractivity (Wildman–Crippen MR) is 120 cm³/mol. The third-order valence-electron chi connectivity index (χ3n) is 4.54. The maximum absolute atomic E-state index is 12.4. The van der Waals surface area contributed by atoms with Gasteiger partial charge in [-0.25, -0.2) is 5.43 Å². The fraction of sp³-hybridized carbons (Fsp3) is 0.174. The molecule has 0 saturated heterocycles. The van der Waals surface area contributed by atoms with E-state index in [-0.39, 0.29) is 23.6 Å². The molecule has 2 amide bonds. The number of hydrogen-bond donors (Lipinski definition) is 3. The molecule has 0 aliphatic carbocycles. The van der Waals surface area contributed by atoms with Crippen molar-refractivity contribution >= 4 is 39.7 Å². The van der Waals surface area contributed by atoms with Gasteiger partial charge in [0, 0.05) is 31.2 Å². The lowest BCUT2D eigenvalue weighted by atomic mass is 10.1. The summed E-state index contributed by atoms with van der Waals surface area (Å²) in [4.78, 5) is 26.6. The van der Waals surface area contributed by atoms with Crippen LogP contribution in [0.2, 0.25) is 0 Å². The fourth-order valence-electron chi connectivity index (χ4n) is 2.94. The zero-order valence-electron chi connectivity index (χ0n) is 17.1. The number of anilines is 2. The fourth-order valence-corrected chi connectivity index (χ4v) is 2.94. The third kappa shape index (κ3) is 5.14. The van der Waals surface area contributed by atoms with E-state index in [0.717, 1.165) is 16.5 Å². The van der Waals surface area contributed by atoms with E-state index in [1.807, 2.05) is 67.5 Å².